The summed E-state index contributed by atoms with van der Waals surface area (Å²) in [5.41, 5.74) is 8.26. The normalized spacial score (nSPS) is 17.0. The Morgan fingerprint density at radius 3 is 2.14 bits per heavy atom. The number of rotatable bonds is 25. The van der Waals surface area contributed by atoms with Gasteiger partial charge < -0.3 is 45.8 Å². The summed E-state index contributed by atoms with van der Waals surface area (Å²) in [6.07, 6.45) is 10.7. The SMILES string of the molecule is Cc1ncsc1-c1ccc(CNC(=O)[C@@H]2C[C@@H](O)CN2C(=O)[C@@H](NC(=O)CCCCCCCCCCCC(=O)N2CCN(c3ccc(C(=O)Nc4n[nH]c5ccc(Cc6cc(F)cc(F)c6)cc45)c(NC4CCOCC4)c3)CC2)C(C)(C)C)cc1. The van der Waals surface area contributed by atoms with E-state index in [4.69, 9.17) is 4.74 Å². The summed E-state index contributed by atoms with van der Waals surface area (Å²) in [6, 6.07) is 21.2. The van der Waals surface area contributed by atoms with Crippen LogP contribution in [0.3, 0.4) is 0 Å². The number of hydrogen-bond acceptors (Lipinski definition) is 12. The Labute approximate surface area is 501 Å². The topological polar surface area (TPSA) is 214 Å². The first-order chi connectivity index (χ1) is 40.9. The summed E-state index contributed by atoms with van der Waals surface area (Å²) in [6.45, 7) is 11.8. The largest absolute Gasteiger partial charge is 0.391 e. The van der Waals surface area contributed by atoms with Crippen LogP contribution in [0.2, 0.25) is 0 Å². The molecule has 454 valence electrons. The fraction of sp³-hybridized carbons (Fsp3) is 0.492. The van der Waals surface area contributed by atoms with Crippen molar-refractivity contribution >= 4 is 69.0 Å². The maximum atomic E-state index is 14.1. The third-order valence-corrected chi connectivity index (χ3v) is 17.5. The smallest absolute Gasteiger partial charge is 0.258 e. The molecule has 0 radical (unpaired) electrons. The lowest BCUT2D eigenvalue weighted by Crippen LogP contribution is -2.57. The van der Waals surface area contributed by atoms with Gasteiger partial charge in [-0.05, 0) is 109 Å². The number of anilines is 3. The van der Waals surface area contributed by atoms with E-state index < -0.39 is 35.2 Å². The molecule has 2 aromatic heterocycles. The molecule has 3 fully saturated rings. The fourth-order valence-corrected chi connectivity index (χ4v) is 12.5. The van der Waals surface area contributed by atoms with Crippen molar-refractivity contribution in [2.24, 2.45) is 5.41 Å². The molecule has 85 heavy (non-hydrogen) atoms. The van der Waals surface area contributed by atoms with Gasteiger partial charge in [-0.1, -0.05) is 96.0 Å². The van der Waals surface area contributed by atoms with Crippen molar-refractivity contribution in [3.63, 3.8) is 0 Å². The number of aromatic amines is 1. The van der Waals surface area contributed by atoms with Crippen LogP contribution in [-0.4, -0.2) is 130 Å². The Kier molecular flexibility index (Phi) is 21.4. The molecule has 5 heterocycles. The highest BCUT2D eigenvalue weighted by Gasteiger charge is 2.44. The number of β-amino-alcohol motifs (C(OH)–C–C–N with tert-alkyl or cyclic N) is 1. The van der Waals surface area contributed by atoms with Gasteiger partial charge in [-0.3, -0.25) is 29.1 Å². The van der Waals surface area contributed by atoms with Crippen LogP contribution in [0, 0.1) is 24.0 Å². The summed E-state index contributed by atoms with van der Waals surface area (Å²) in [7, 11) is 0. The van der Waals surface area contributed by atoms with Crippen LogP contribution in [0.15, 0.2) is 84.4 Å². The second-order valence-electron chi connectivity index (χ2n) is 24.1. The maximum Gasteiger partial charge on any atom is 0.258 e. The number of aryl methyl sites for hydroxylation is 1. The number of likely N-dealkylation sites (tertiary alicyclic amines) is 1. The van der Waals surface area contributed by atoms with E-state index in [0.717, 1.165) is 103 Å². The minimum absolute atomic E-state index is 0.0222. The molecule has 9 rings (SSSR count). The highest BCUT2D eigenvalue weighted by molar-refractivity contribution is 7.13. The predicted molar refractivity (Wildman–Crippen MR) is 328 cm³/mol. The maximum absolute atomic E-state index is 14.1. The number of benzene rings is 4. The highest BCUT2D eigenvalue weighted by atomic mass is 32.1. The summed E-state index contributed by atoms with van der Waals surface area (Å²) < 4.78 is 33.5. The number of nitrogens with one attached hydrogen (secondary N) is 5. The number of carbonyl (C=O) groups excluding carboxylic acids is 5. The second kappa shape index (κ2) is 29.2. The molecule has 0 aliphatic carbocycles. The van der Waals surface area contributed by atoms with Gasteiger partial charge in [-0.2, -0.15) is 5.10 Å². The summed E-state index contributed by atoms with van der Waals surface area (Å²) >= 11 is 1.58. The zero-order valence-electron chi connectivity index (χ0n) is 49.5. The zero-order valence-corrected chi connectivity index (χ0v) is 50.3. The van der Waals surface area contributed by atoms with E-state index in [9.17, 15) is 37.9 Å². The van der Waals surface area contributed by atoms with Crippen molar-refractivity contribution in [3.05, 3.63) is 124 Å². The van der Waals surface area contributed by atoms with E-state index >= 15 is 0 Å². The number of H-pyrrole nitrogens is 1. The molecular weight excluding hydrogens is 1100 g/mol. The third kappa shape index (κ3) is 17.0. The molecular formula is C65H82F2N10O7S. The molecule has 6 N–H and O–H groups in total. The number of hydrogen-bond donors (Lipinski definition) is 6. The molecule has 4 aromatic carbocycles. The van der Waals surface area contributed by atoms with Gasteiger partial charge in [0.2, 0.25) is 23.6 Å². The number of thiazole rings is 1. The number of aliphatic hydroxyl groups excluding tert-OH is 1. The van der Waals surface area contributed by atoms with Crippen LogP contribution in [0.1, 0.15) is 143 Å². The Morgan fingerprint density at radius 1 is 0.800 bits per heavy atom. The van der Waals surface area contributed by atoms with Gasteiger partial charge in [0.1, 0.15) is 23.7 Å². The molecule has 5 amide bonds. The van der Waals surface area contributed by atoms with E-state index in [2.05, 4.69) is 41.3 Å². The number of ether oxygens (including phenoxy) is 1. The van der Waals surface area contributed by atoms with Gasteiger partial charge in [-0.25, -0.2) is 13.8 Å². The van der Waals surface area contributed by atoms with E-state index in [-0.39, 0.29) is 55.1 Å². The number of fused-ring (bicyclic) bond motifs is 1. The average Bonchev–Trinajstić information content (AvgIpc) is 4.44. The Balaban J connectivity index is 0.654. The molecule has 0 unspecified atom stereocenters. The van der Waals surface area contributed by atoms with E-state index in [1.54, 1.807) is 11.3 Å². The number of carbonyl (C=O) groups is 5. The number of amides is 5. The standard InChI is InChI=1S/C65H82F2N10O7S/c1-42-59(85-41-69-42)46-19-16-43(17-20-46)39-68-63(82)56-38-51(78)40-77(56)64(83)60(65(2,3)4)71-57(79)14-12-10-8-6-5-7-9-11-13-15-58(80)76-28-26-75(27-29-76)50-21-22-52(55(37-50)70-49-24-30-84-31-25-49)62(81)72-61-53-35-44(18-23-54(53)73-74-61)32-45-33-47(66)36-48(67)34-45/h16-23,33-37,41,49,51,56,60,70,78H,5-15,24-32,38-40H2,1-4H3,(H,68,82)(H,71,79)(H2,72,73,74,81)/t51-,56+,60-/m1/s1. The Bertz CT molecular complexity index is 3240. The second-order valence-corrected chi connectivity index (χ2v) is 25.0. The number of aliphatic hydroxyl groups is 1. The van der Waals surface area contributed by atoms with Gasteiger partial charge in [0, 0.05) is 101 Å². The molecule has 3 aliphatic rings. The Hall–Kier alpha value is -7.29. The minimum Gasteiger partial charge on any atom is -0.391 e. The monoisotopic (exact) mass is 1180 g/mol. The predicted octanol–water partition coefficient (Wildman–Crippen LogP) is 10.5. The first-order valence-corrected chi connectivity index (χ1v) is 31.1. The van der Waals surface area contributed by atoms with E-state index in [1.807, 2.05) is 98.8 Å². The molecule has 0 spiro atoms. The van der Waals surface area contributed by atoms with Crippen molar-refractivity contribution in [1.82, 2.24) is 35.6 Å². The molecule has 3 atom stereocenters. The van der Waals surface area contributed by atoms with Crippen molar-refractivity contribution in [2.75, 3.05) is 61.5 Å². The molecule has 17 nitrogen and oxygen atoms in total. The molecule has 0 bridgehead atoms. The van der Waals surface area contributed by atoms with Crippen LogP contribution in [0.25, 0.3) is 21.3 Å². The van der Waals surface area contributed by atoms with Crippen molar-refractivity contribution < 1.29 is 42.6 Å². The summed E-state index contributed by atoms with van der Waals surface area (Å²) in [5, 5.41) is 31.3. The van der Waals surface area contributed by atoms with Crippen LogP contribution >= 0.6 is 11.3 Å². The van der Waals surface area contributed by atoms with Crippen LogP contribution in [0.4, 0.5) is 26.0 Å². The Morgan fingerprint density at radius 2 is 1.47 bits per heavy atom. The van der Waals surface area contributed by atoms with Crippen molar-refractivity contribution in [1.29, 1.82) is 0 Å². The average molecular weight is 1190 g/mol. The summed E-state index contributed by atoms with van der Waals surface area (Å²) in [5.74, 6) is -2.00. The van der Waals surface area contributed by atoms with Gasteiger partial charge >= 0.3 is 0 Å². The minimum atomic E-state index is -0.864. The number of piperazine rings is 1. The molecule has 3 saturated heterocycles. The number of nitrogens with zero attached hydrogens (tertiary/aromatic N) is 5. The van der Waals surface area contributed by atoms with Crippen molar-refractivity contribution in [3.8, 4) is 10.4 Å². The fourth-order valence-electron chi connectivity index (χ4n) is 11.7. The van der Waals surface area contributed by atoms with Crippen LogP contribution in [0.5, 0.6) is 0 Å². The molecule has 3 aliphatic heterocycles. The van der Waals surface area contributed by atoms with Crippen LogP contribution in [-0.2, 0) is 36.9 Å². The first-order valence-electron chi connectivity index (χ1n) is 30.2. The third-order valence-electron chi connectivity index (χ3n) is 16.5. The van der Waals surface area contributed by atoms with E-state index in [0.29, 0.717) is 98.6 Å². The molecule has 6 aromatic rings. The first kappa shape index (κ1) is 62.2. The van der Waals surface area contributed by atoms with Gasteiger partial charge in [-0.15, -0.1) is 11.3 Å². The van der Waals surface area contributed by atoms with Gasteiger partial charge in [0.05, 0.1) is 33.3 Å². The van der Waals surface area contributed by atoms with Crippen LogP contribution < -0.4 is 26.2 Å². The van der Waals surface area contributed by atoms with Crippen molar-refractivity contribution in [2.45, 2.75) is 155 Å². The molecule has 20 heteroatoms. The number of aromatic nitrogens is 3. The lowest BCUT2D eigenvalue weighted by molar-refractivity contribution is -0.144. The summed E-state index contributed by atoms with van der Waals surface area (Å²) in [4.78, 5) is 79.3. The van der Waals surface area contributed by atoms with Gasteiger partial charge in [0.25, 0.3) is 5.91 Å². The molecule has 0 saturated carbocycles. The lowest BCUT2D eigenvalue weighted by atomic mass is 9.85. The highest BCUT2D eigenvalue weighted by Crippen LogP contribution is 2.32. The number of halogens is 2. The number of unbranched alkanes of at least 4 members (excludes halogenated alkanes) is 8. The van der Waals surface area contributed by atoms with E-state index in [1.165, 1.54) is 17.0 Å². The quantitative estimate of drug-likeness (QED) is 0.0297. The van der Waals surface area contributed by atoms with Gasteiger partial charge in [0.15, 0.2) is 5.82 Å². The zero-order chi connectivity index (χ0) is 60.0. The lowest BCUT2D eigenvalue weighted by Gasteiger charge is -2.36.